The summed E-state index contributed by atoms with van der Waals surface area (Å²) in [6.07, 6.45) is 2.91. The molecule has 1 aromatic carbocycles. The fraction of sp³-hybridized carbons (Fsp3) is 0.533. The number of benzene rings is 1. The van der Waals surface area contributed by atoms with Crippen LogP contribution in [-0.2, 0) is 0 Å². The Hall–Kier alpha value is -0.770. The third-order valence-corrected chi connectivity index (χ3v) is 5.70. The molecule has 3 aliphatic carbocycles. The molecule has 0 aliphatic heterocycles. The van der Waals surface area contributed by atoms with E-state index in [4.69, 9.17) is 28.9 Å². The molecule has 0 saturated heterocycles. The molecule has 0 spiro atoms. The summed E-state index contributed by atoms with van der Waals surface area (Å²) in [5.74, 6) is -0.0910. The Morgan fingerprint density at radius 3 is 2.35 bits per heavy atom. The second-order valence-corrected chi connectivity index (χ2v) is 7.71. The van der Waals surface area contributed by atoms with Gasteiger partial charge in [-0.25, -0.2) is 0 Å². The summed E-state index contributed by atoms with van der Waals surface area (Å²) in [5.41, 5.74) is 6.72. The lowest BCUT2D eigenvalue weighted by atomic mass is 9.34. The van der Waals surface area contributed by atoms with Gasteiger partial charge in [0.05, 0.1) is 10.0 Å². The van der Waals surface area contributed by atoms with Crippen molar-refractivity contribution in [2.75, 3.05) is 0 Å². The quantitative estimate of drug-likeness (QED) is 0.899. The van der Waals surface area contributed by atoms with Gasteiger partial charge < -0.3 is 11.1 Å². The molecule has 3 nitrogen and oxygen atoms in total. The van der Waals surface area contributed by atoms with Gasteiger partial charge in [0.25, 0.3) is 5.91 Å². The second kappa shape index (κ2) is 4.12. The molecule has 3 fully saturated rings. The molecule has 4 rings (SSSR count). The van der Waals surface area contributed by atoms with Gasteiger partial charge in [-0.2, -0.15) is 0 Å². The van der Waals surface area contributed by atoms with Gasteiger partial charge in [0.1, 0.15) is 0 Å². The van der Waals surface area contributed by atoms with Crippen LogP contribution < -0.4 is 11.1 Å². The van der Waals surface area contributed by atoms with Crippen LogP contribution in [0.3, 0.4) is 0 Å². The maximum absolute atomic E-state index is 12.3. The van der Waals surface area contributed by atoms with E-state index in [2.05, 4.69) is 19.2 Å². The summed E-state index contributed by atoms with van der Waals surface area (Å²) in [6.45, 7) is 4.13. The minimum atomic E-state index is -0.178. The molecule has 3 aliphatic rings. The fourth-order valence-electron chi connectivity index (χ4n) is 3.55. The van der Waals surface area contributed by atoms with E-state index < -0.39 is 0 Å². The summed E-state index contributed by atoms with van der Waals surface area (Å²) < 4.78 is 0. The van der Waals surface area contributed by atoms with Crippen molar-refractivity contribution in [1.82, 2.24) is 5.32 Å². The lowest BCUT2D eigenvalue weighted by Gasteiger charge is -2.75. The third kappa shape index (κ3) is 1.95. The highest BCUT2D eigenvalue weighted by molar-refractivity contribution is 6.42. The Balaban J connectivity index is 1.67. The Bertz CT molecular complexity index is 572. The molecule has 0 aromatic heterocycles. The topological polar surface area (TPSA) is 55.1 Å². The van der Waals surface area contributed by atoms with Crippen molar-refractivity contribution in [2.45, 2.75) is 44.2 Å². The zero-order valence-corrected chi connectivity index (χ0v) is 13.1. The molecule has 5 heteroatoms. The highest BCUT2D eigenvalue weighted by atomic mass is 35.5. The molecule has 1 aromatic rings. The standard InChI is InChI=1S/C15H18Cl2N2O/c1-13(2,18)14-6-15(7-14,8-14)19-12(20)9-3-4-10(16)11(17)5-9/h3-5H,6-8,18H2,1-2H3,(H,19,20). The Kier molecular flexibility index (Phi) is 2.92. The van der Waals surface area contributed by atoms with E-state index in [1.54, 1.807) is 18.2 Å². The first-order valence-corrected chi connectivity index (χ1v) is 7.49. The summed E-state index contributed by atoms with van der Waals surface area (Å²) in [6, 6.07) is 4.94. The minimum absolute atomic E-state index is 0.0557. The molecule has 20 heavy (non-hydrogen) atoms. The van der Waals surface area contributed by atoms with Gasteiger partial charge in [-0.15, -0.1) is 0 Å². The van der Waals surface area contributed by atoms with Crippen molar-refractivity contribution in [3.8, 4) is 0 Å². The zero-order valence-electron chi connectivity index (χ0n) is 11.6. The van der Waals surface area contributed by atoms with Crippen molar-refractivity contribution in [3.63, 3.8) is 0 Å². The van der Waals surface area contributed by atoms with Crippen LogP contribution in [0.4, 0.5) is 0 Å². The summed E-state index contributed by atoms with van der Waals surface area (Å²) in [4.78, 5) is 12.3. The van der Waals surface area contributed by atoms with Crippen LogP contribution in [0, 0.1) is 5.41 Å². The maximum atomic E-state index is 12.3. The number of hydrogen-bond donors (Lipinski definition) is 2. The van der Waals surface area contributed by atoms with E-state index in [0.29, 0.717) is 15.6 Å². The predicted octanol–water partition coefficient (Wildman–Crippen LogP) is 3.38. The molecule has 0 atom stereocenters. The van der Waals surface area contributed by atoms with Gasteiger partial charge in [-0.1, -0.05) is 23.2 Å². The van der Waals surface area contributed by atoms with Gasteiger partial charge in [0.15, 0.2) is 0 Å². The number of nitrogens with two attached hydrogens (primary N) is 1. The molecular weight excluding hydrogens is 295 g/mol. The molecule has 2 bridgehead atoms. The van der Waals surface area contributed by atoms with Gasteiger partial charge in [0.2, 0.25) is 0 Å². The van der Waals surface area contributed by atoms with E-state index in [1.807, 2.05) is 0 Å². The van der Waals surface area contributed by atoms with Crippen molar-refractivity contribution < 1.29 is 4.79 Å². The highest BCUT2D eigenvalue weighted by Crippen LogP contribution is 2.71. The smallest absolute Gasteiger partial charge is 0.251 e. The van der Waals surface area contributed by atoms with Crippen molar-refractivity contribution in [1.29, 1.82) is 0 Å². The first-order valence-electron chi connectivity index (χ1n) is 6.73. The number of carbonyl (C=O) groups excluding carboxylic acids is 1. The molecule has 108 valence electrons. The van der Waals surface area contributed by atoms with Gasteiger partial charge in [0, 0.05) is 16.6 Å². The second-order valence-electron chi connectivity index (χ2n) is 6.90. The molecule has 3 N–H and O–H groups in total. The number of rotatable bonds is 3. The lowest BCUT2D eigenvalue weighted by Crippen LogP contribution is -2.81. The van der Waals surface area contributed by atoms with E-state index in [9.17, 15) is 4.79 Å². The number of nitrogens with one attached hydrogen (secondary N) is 1. The van der Waals surface area contributed by atoms with Gasteiger partial charge >= 0.3 is 0 Å². The number of hydrogen-bond acceptors (Lipinski definition) is 2. The molecular formula is C15H18Cl2N2O. The monoisotopic (exact) mass is 312 g/mol. The largest absolute Gasteiger partial charge is 0.347 e. The molecule has 0 heterocycles. The van der Waals surface area contributed by atoms with Crippen LogP contribution in [0.1, 0.15) is 43.5 Å². The normalized spacial score (nSPS) is 31.2. The fourth-order valence-corrected chi connectivity index (χ4v) is 3.85. The highest BCUT2D eigenvalue weighted by Gasteiger charge is 2.72. The molecule has 1 amide bonds. The number of amides is 1. The predicted molar refractivity (Wildman–Crippen MR) is 81.2 cm³/mol. The molecule has 0 unspecified atom stereocenters. The van der Waals surface area contributed by atoms with Gasteiger partial charge in [-0.05, 0) is 56.7 Å². The van der Waals surface area contributed by atoms with Crippen molar-refractivity contribution >= 4 is 29.1 Å². The van der Waals surface area contributed by atoms with Gasteiger partial charge in [-0.3, -0.25) is 4.79 Å². The summed E-state index contributed by atoms with van der Waals surface area (Å²) in [7, 11) is 0. The van der Waals surface area contributed by atoms with Crippen LogP contribution in [0.5, 0.6) is 0 Å². The van der Waals surface area contributed by atoms with E-state index in [-0.39, 0.29) is 22.4 Å². The van der Waals surface area contributed by atoms with Crippen LogP contribution in [0.2, 0.25) is 10.0 Å². The average Bonchev–Trinajstić information content (AvgIpc) is 2.23. The van der Waals surface area contributed by atoms with Crippen LogP contribution in [-0.4, -0.2) is 17.0 Å². The Labute approximate surface area is 128 Å². The lowest BCUT2D eigenvalue weighted by molar-refractivity contribution is -0.185. The Morgan fingerprint density at radius 2 is 1.85 bits per heavy atom. The summed E-state index contributed by atoms with van der Waals surface area (Å²) in [5, 5.41) is 3.98. The van der Waals surface area contributed by atoms with E-state index in [0.717, 1.165) is 19.3 Å². The first kappa shape index (κ1) is 14.2. The summed E-state index contributed by atoms with van der Waals surface area (Å²) >= 11 is 11.8. The number of carbonyl (C=O) groups is 1. The first-order chi connectivity index (χ1) is 9.16. The van der Waals surface area contributed by atoms with Crippen LogP contribution in [0.25, 0.3) is 0 Å². The van der Waals surface area contributed by atoms with E-state index >= 15 is 0 Å². The van der Waals surface area contributed by atoms with Crippen LogP contribution >= 0.6 is 23.2 Å². The van der Waals surface area contributed by atoms with Crippen molar-refractivity contribution in [2.24, 2.45) is 11.1 Å². The third-order valence-electron chi connectivity index (χ3n) is 4.96. The van der Waals surface area contributed by atoms with E-state index in [1.165, 1.54) is 0 Å². The average molecular weight is 313 g/mol. The Morgan fingerprint density at radius 1 is 1.25 bits per heavy atom. The minimum Gasteiger partial charge on any atom is -0.347 e. The van der Waals surface area contributed by atoms with Crippen LogP contribution in [0.15, 0.2) is 18.2 Å². The molecule has 3 saturated carbocycles. The maximum Gasteiger partial charge on any atom is 0.251 e. The molecule has 0 radical (unpaired) electrons. The van der Waals surface area contributed by atoms with Crippen molar-refractivity contribution in [3.05, 3.63) is 33.8 Å². The SMILES string of the molecule is CC(C)(N)C12CC(NC(=O)c3ccc(Cl)c(Cl)c3)(C1)C2. The zero-order chi connectivity index (χ0) is 14.8. The number of halogens is 2.